The zero-order valence-electron chi connectivity index (χ0n) is 9.68. The van der Waals surface area contributed by atoms with E-state index in [0.29, 0.717) is 5.71 Å². The summed E-state index contributed by atoms with van der Waals surface area (Å²) < 4.78 is 52.5. The Morgan fingerprint density at radius 2 is 1.79 bits per heavy atom. The fraction of sp³-hybridized carbons (Fsp3) is 0.0833. The molecule has 0 aliphatic carbocycles. The predicted octanol–water partition coefficient (Wildman–Crippen LogP) is 4.14. The standard InChI is InChI=1S/C12H8F4N2S/c1-6(9-3-2-4-19-9)17-18-12-10(15)7(13)5-8(14)11(12)16/h2-5,18H,1H3. The normalized spacial score (nSPS) is 11.7. The van der Waals surface area contributed by atoms with Gasteiger partial charge in [0.05, 0.1) is 5.71 Å². The molecule has 2 rings (SSSR count). The van der Waals surface area contributed by atoms with Crippen LogP contribution in [-0.4, -0.2) is 5.71 Å². The van der Waals surface area contributed by atoms with Crippen LogP contribution in [0.25, 0.3) is 0 Å². The average Bonchev–Trinajstić information content (AvgIpc) is 2.90. The summed E-state index contributed by atoms with van der Waals surface area (Å²) in [6.07, 6.45) is 0. The van der Waals surface area contributed by atoms with Crippen molar-refractivity contribution in [3.63, 3.8) is 0 Å². The van der Waals surface area contributed by atoms with Gasteiger partial charge in [-0.1, -0.05) is 6.07 Å². The van der Waals surface area contributed by atoms with E-state index in [2.05, 4.69) is 5.10 Å². The molecule has 19 heavy (non-hydrogen) atoms. The highest BCUT2D eigenvalue weighted by Crippen LogP contribution is 2.24. The van der Waals surface area contributed by atoms with Gasteiger partial charge in [-0.2, -0.15) is 5.10 Å². The molecule has 0 aliphatic rings. The molecule has 0 radical (unpaired) electrons. The Balaban J connectivity index is 2.32. The molecule has 1 heterocycles. The Bertz CT molecular complexity index is 597. The summed E-state index contributed by atoms with van der Waals surface area (Å²) >= 11 is 1.37. The summed E-state index contributed by atoms with van der Waals surface area (Å²) in [4.78, 5) is 0.769. The first-order chi connectivity index (χ1) is 9.00. The number of halogens is 4. The number of benzene rings is 1. The molecule has 0 saturated carbocycles. The summed E-state index contributed by atoms with van der Waals surface area (Å²) in [6.45, 7) is 1.60. The Hall–Kier alpha value is -1.89. The van der Waals surface area contributed by atoms with E-state index < -0.39 is 29.0 Å². The fourth-order valence-corrected chi connectivity index (χ4v) is 2.03. The summed E-state index contributed by atoms with van der Waals surface area (Å²) in [5, 5.41) is 5.51. The predicted molar refractivity (Wildman–Crippen MR) is 66.4 cm³/mol. The van der Waals surface area contributed by atoms with Crippen molar-refractivity contribution in [2.45, 2.75) is 6.92 Å². The lowest BCUT2D eigenvalue weighted by atomic mass is 10.2. The second kappa shape index (κ2) is 5.40. The number of anilines is 1. The molecule has 1 aromatic heterocycles. The van der Waals surface area contributed by atoms with Gasteiger partial charge in [-0.3, -0.25) is 5.43 Å². The highest BCUT2D eigenvalue weighted by molar-refractivity contribution is 7.12. The molecule has 0 atom stereocenters. The van der Waals surface area contributed by atoms with Crippen LogP contribution in [0.15, 0.2) is 28.7 Å². The van der Waals surface area contributed by atoms with E-state index >= 15 is 0 Å². The molecular weight excluding hydrogens is 280 g/mol. The van der Waals surface area contributed by atoms with E-state index in [9.17, 15) is 17.6 Å². The van der Waals surface area contributed by atoms with Gasteiger partial charge in [0.25, 0.3) is 0 Å². The third-order valence-corrected chi connectivity index (χ3v) is 3.30. The van der Waals surface area contributed by atoms with Gasteiger partial charge in [-0.05, 0) is 18.4 Å². The van der Waals surface area contributed by atoms with Crippen LogP contribution in [0.1, 0.15) is 11.8 Å². The monoisotopic (exact) mass is 288 g/mol. The number of thiophene rings is 1. The van der Waals surface area contributed by atoms with Crippen molar-refractivity contribution in [3.05, 3.63) is 51.7 Å². The van der Waals surface area contributed by atoms with Crippen LogP contribution in [0.2, 0.25) is 0 Å². The maximum atomic E-state index is 13.3. The van der Waals surface area contributed by atoms with E-state index in [1.807, 2.05) is 5.43 Å². The van der Waals surface area contributed by atoms with Gasteiger partial charge < -0.3 is 0 Å². The molecule has 0 amide bonds. The number of nitrogens with zero attached hydrogens (tertiary/aromatic N) is 1. The third kappa shape index (κ3) is 2.76. The number of hydrogen-bond donors (Lipinski definition) is 1. The second-order valence-corrected chi connectivity index (χ2v) is 4.58. The maximum absolute atomic E-state index is 13.3. The molecule has 0 fully saturated rings. The van der Waals surface area contributed by atoms with Crippen LogP contribution in [0.5, 0.6) is 0 Å². The van der Waals surface area contributed by atoms with Crippen molar-refractivity contribution in [1.82, 2.24) is 0 Å². The molecule has 2 nitrogen and oxygen atoms in total. The molecule has 0 unspecified atom stereocenters. The quantitative estimate of drug-likeness (QED) is 0.390. The molecule has 1 aromatic carbocycles. The molecule has 1 N–H and O–H groups in total. The Morgan fingerprint density at radius 1 is 1.16 bits per heavy atom. The van der Waals surface area contributed by atoms with Gasteiger partial charge in [0, 0.05) is 10.9 Å². The molecule has 7 heteroatoms. The van der Waals surface area contributed by atoms with Crippen molar-refractivity contribution in [2.75, 3.05) is 5.43 Å². The largest absolute Gasteiger partial charge is 0.272 e. The molecule has 0 bridgehead atoms. The first-order valence-corrected chi connectivity index (χ1v) is 6.06. The van der Waals surface area contributed by atoms with Crippen LogP contribution >= 0.6 is 11.3 Å². The topological polar surface area (TPSA) is 24.4 Å². The van der Waals surface area contributed by atoms with Gasteiger partial charge in [-0.15, -0.1) is 11.3 Å². The fourth-order valence-electron chi connectivity index (χ4n) is 1.35. The van der Waals surface area contributed by atoms with E-state index in [0.717, 1.165) is 4.88 Å². The summed E-state index contributed by atoms with van der Waals surface area (Å²) in [5.41, 5.74) is 1.51. The lowest BCUT2D eigenvalue weighted by Crippen LogP contribution is -2.04. The Labute approximate surface area is 110 Å². The van der Waals surface area contributed by atoms with Crippen molar-refractivity contribution in [1.29, 1.82) is 0 Å². The van der Waals surface area contributed by atoms with Gasteiger partial charge in [0.15, 0.2) is 23.3 Å². The van der Waals surface area contributed by atoms with E-state index in [1.165, 1.54) is 11.3 Å². The Morgan fingerprint density at radius 3 is 2.32 bits per heavy atom. The maximum Gasteiger partial charge on any atom is 0.186 e. The number of nitrogens with one attached hydrogen (secondary N) is 1. The second-order valence-electron chi connectivity index (χ2n) is 3.63. The number of hydrogen-bond acceptors (Lipinski definition) is 3. The summed E-state index contributed by atoms with van der Waals surface area (Å²) in [7, 11) is 0. The van der Waals surface area contributed by atoms with Crippen LogP contribution in [0, 0.1) is 23.3 Å². The zero-order chi connectivity index (χ0) is 14.0. The molecule has 0 aliphatic heterocycles. The number of hydrazone groups is 1. The van der Waals surface area contributed by atoms with Crippen LogP contribution in [-0.2, 0) is 0 Å². The molecule has 2 aromatic rings. The first kappa shape index (κ1) is 13.5. The minimum atomic E-state index is -1.51. The third-order valence-electron chi connectivity index (χ3n) is 2.32. The van der Waals surface area contributed by atoms with Gasteiger partial charge in [0.1, 0.15) is 5.69 Å². The van der Waals surface area contributed by atoms with E-state index in [1.54, 1.807) is 24.4 Å². The zero-order valence-corrected chi connectivity index (χ0v) is 10.5. The minimum Gasteiger partial charge on any atom is -0.272 e. The summed E-state index contributed by atoms with van der Waals surface area (Å²) in [6, 6.07) is 3.68. The average molecular weight is 288 g/mol. The molecule has 0 saturated heterocycles. The van der Waals surface area contributed by atoms with Crippen molar-refractivity contribution >= 4 is 22.7 Å². The van der Waals surface area contributed by atoms with Crippen molar-refractivity contribution < 1.29 is 17.6 Å². The highest BCUT2D eigenvalue weighted by Gasteiger charge is 2.18. The van der Waals surface area contributed by atoms with Crippen LogP contribution < -0.4 is 5.43 Å². The van der Waals surface area contributed by atoms with Gasteiger partial charge >= 0.3 is 0 Å². The summed E-state index contributed by atoms with van der Waals surface area (Å²) in [5.74, 6) is -5.99. The lowest BCUT2D eigenvalue weighted by molar-refractivity contribution is 0.458. The first-order valence-electron chi connectivity index (χ1n) is 5.18. The highest BCUT2D eigenvalue weighted by atomic mass is 32.1. The van der Waals surface area contributed by atoms with Gasteiger partial charge in [0.2, 0.25) is 0 Å². The smallest absolute Gasteiger partial charge is 0.186 e. The molecule has 100 valence electrons. The molecular formula is C12H8F4N2S. The van der Waals surface area contributed by atoms with Crippen LogP contribution in [0.3, 0.4) is 0 Å². The lowest BCUT2D eigenvalue weighted by Gasteiger charge is -2.06. The minimum absolute atomic E-state index is 0.145. The van der Waals surface area contributed by atoms with Crippen LogP contribution in [0.4, 0.5) is 23.2 Å². The van der Waals surface area contributed by atoms with Crippen molar-refractivity contribution in [2.24, 2.45) is 5.10 Å². The van der Waals surface area contributed by atoms with E-state index in [4.69, 9.17) is 0 Å². The SMILES string of the molecule is CC(=NNc1c(F)c(F)cc(F)c1F)c1cccs1. The molecule has 0 spiro atoms. The Kier molecular flexibility index (Phi) is 3.84. The number of rotatable bonds is 3. The van der Waals surface area contributed by atoms with Gasteiger partial charge in [-0.25, -0.2) is 17.6 Å². The van der Waals surface area contributed by atoms with E-state index in [-0.39, 0.29) is 6.07 Å². The van der Waals surface area contributed by atoms with Crippen molar-refractivity contribution in [3.8, 4) is 0 Å².